The third kappa shape index (κ3) is 2.96. The predicted molar refractivity (Wildman–Crippen MR) is 83.8 cm³/mol. The molecule has 0 atom stereocenters. The first-order valence-corrected chi connectivity index (χ1v) is 6.50. The number of hydrogen-bond donors (Lipinski definition) is 1. The van der Waals surface area contributed by atoms with Gasteiger partial charge in [-0.2, -0.15) is 0 Å². The fourth-order valence-corrected chi connectivity index (χ4v) is 1.95. The number of carbonyl (C=O) groups is 1. The monoisotopic (exact) mass is 269 g/mol. The molecule has 0 aromatic heterocycles. The first-order valence-electron chi connectivity index (χ1n) is 6.50. The Hall–Kier alpha value is -2.36. The number of hydrogen-bond acceptors (Lipinski definition) is 4. The van der Waals surface area contributed by atoms with Crippen LogP contribution < -0.4 is 10.2 Å². The Balaban J connectivity index is 2.32. The summed E-state index contributed by atoms with van der Waals surface area (Å²) in [5.41, 5.74) is 4.27. The van der Waals surface area contributed by atoms with Gasteiger partial charge in [-0.05, 0) is 48.9 Å². The van der Waals surface area contributed by atoms with Crippen molar-refractivity contribution in [3.8, 4) is 0 Å². The van der Waals surface area contributed by atoms with Crippen LogP contribution in [0.5, 0.6) is 0 Å². The van der Waals surface area contributed by atoms with Crippen LogP contribution in [0.2, 0.25) is 0 Å². The van der Waals surface area contributed by atoms with Gasteiger partial charge in [0.05, 0.1) is 17.1 Å². The van der Waals surface area contributed by atoms with Gasteiger partial charge in [0, 0.05) is 26.8 Å². The molecule has 1 N–H and O–H groups in total. The van der Waals surface area contributed by atoms with Gasteiger partial charge < -0.3 is 10.2 Å². The second kappa shape index (κ2) is 5.74. The largest absolute Gasteiger partial charge is 0.385 e. The van der Waals surface area contributed by atoms with E-state index in [-0.39, 0.29) is 5.78 Å². The molecule has 4 nitrogen and oxygen atoms in total. The third-order valence-corrected chi connectivity index (χ3v) is 3.18. The van der Waals surface area contributed by atoms with Crippen LogP contribution in [-0.4, -0.2) is 32.6 Å². The SMILES string of the molecule is CNC1=CC(=Nc2ccc(N(C)C)cc2)C(C)=CC1=O. The van der Waals surface area contributed by atoms with E-state index in [1.165, 1.54) is 0 Å². The molecule has 1 aliphatic carbocycles. The van der Waals surface area contributed by atoms with Crippen molar-refractivity contribution in [3.63, 3.8) is 0 Å². The van der Waals surface area contributed by atoms with Crippen molar-refractivity contribution < 1.29 is 4.79 Å². The van der Waals surface area contributed by atoms with Gasteiger partial charge in [0.25, 0.3) is 0 Å². The molecule has 0 bridgehead atoms. The smallest absolute Gasteiger partial charge is 0.202 e. The summed E-state index contributed by atoms with van der Waals surface area (Å²) in [5.74, 6) is -0.00749. The van der Waals surface area contributed by atoms with E-state index in [9.17, 15) is 4.79 Å². The van der Waals surface area contributed by atoms with E-state index in [0.29, 0.717) is 5.70 Å². The molecule has 0 amide bonds. The molecule has 0 spiro atoms. The predicted octanol–water partition coefficient (Wildman–Crippen LogP) is 2.46. The van der Waals surface area contributed by atoms with E-state index in [0.717, 1.165) is 22.7 Å². The highest BCUT2D eigenvalue weighted by Crippen LogP contribution is 2.21. The molecule has 0 aliphatic heterocycles. The molecule has 4 heteroatoms. The van der Waals surface area contributed by atoms with Crippen LogP contribution >= 0.6 is 0 Å². The van der Waals surface area contributed by atoms with Gasteiger partial charge in [-0.15, -0.1) is 0 Å². The Morgan fingerprint density at radius 3 is 2.30 bits per heavy atom. The number of anilines is 1. The van der Waals surface area contributed by atoms with Gasteiger partial charge in [0.1, 0.15) is 0 Å². The zero-order valence-corrected chi connectivity index (χ0v) is 12.3. The zero-order valence-electron chi connectivity index (χ0n) is 12.3. The molecule has 0 fully saturated rings. The van der Waals surface area contributed by atoms with Crippen molar-refractivity contribution in [2.24, 2.45) is 4.99 Å². The molecule has 20 heavy (non-hydrogen) atoms. The molecule has 104 valence electrons. The highest BCUT2D eigenvalue weighted by molar-refractivity contribution is 6.22. The van der Waals surface area contributed by atoms with Gasteiger partial charge in [-0.3, -0.25) is 4.79 Å². The summed E-state index contributed by atoms with van der Waals surface area (Å²) in [6.45, 7) is 1.90. The quantitative estimate of drug-likeness (QED) is 0.857. The molecule has 1 aromatic rings. The summed E-state index contributed by atoms with van der Waals surface area (Å²) in [6.07, 6.45) is 3.40. The van der Waals surface area contributed by atoms with Gasteiger partial charge >= 0.3 is 0 Å². The van der Waals surface area contributed by atoms with Crippen molar-refractivity contribution >= 4 is 22.9 Å². The maximum Gasteiger partial charge on any atom is 0.202 e. The number of aliphatic imine (C=N–C) groups is 1. The summed E-state index contributed by atoms with van der Waals surface area (Å²) >= 11 is 0. The third-order valence-electron chi connectivity index (χ3n) is 3.18. The maximum atomic E-state index is 11.7. The zero-order chi connectivity index (χ0) is 14.7. The second-order valence-electron chi connectivity index (χ2n) is 4.91. The van der Waals surface area contributed by atoms with Gasteiger partial charge in [0.2, 0.25) is 5.78 Å². The fraction of sp³-hybridized carbons (Fsp3) is 0.250. The van der Waals surface area contributed by atoms with E-state index >= 15 is 0 Å². The van der Waals surface area contributed by atoms with Crippen LogP contribution in [0.25, 0.3) is 0 Å². The second-order valence-corrected chi connectivity index (χ2v) is 4.91. The number of nitrogens with one attached hydrogen (secondary N) is 1. The molecular formula is C16H19N3O. The van der Waals surface area contributed by atoms with Crippen LogP contribution in [0.15, 0.2) is 52.7 Å². The lowest BCUT2D eigenvalue weighted by Gasteiger charge is -2.13. The average molecular weight is 269 g/mol. The Morgan fingerprint density at radius 1 is 1.10 bits per heavy atom. The first-order chi connectivity index (χ1) is 9.51. The lowest BCUT2D eigenvalue weighted by molar-refractivity contribution is -0.111. The highest BCUT2D eigenvalue weighted by atomic mass is 16.1. The van der Waals surface area contributed by atoms with Crippen LogP contribution in [0.3, 0.4) is 0 Å². The van der Waals surface area contributed by atoms with Gasteiger partial charge in [-0.1, -0.05) is 0 Å². The summed E-state index contributed by atoms with van der Waals surface area (Å²) < 4.78 is 0. The van der Waals surface area contributed by atoms with Gasteiger partial charge in [-0.25, -0.2) is 4.99 Å². The summed E-state index contributed by atoms with van der Waals surface area (Å²) in [5, 5.41) is 2.89. The lowest BCUT2D eigenvalue weighted by Crippen LogP contribution is -2.20. The molecular weight excluding hydrogens is 250 g/mol. The van der Waals surface area contributed by atoms with E-state index in [2.05, 4.69) is 10.3 Å². The minimum atomic E-state index is -0.00749. The lowest BCUT2D eigenvalue weighted by atomic mass is 10.0. The van der Waals surface area contributed by atoms with Crippen molar-refractivity contribution in [2.75, 3.05) is 26.0 Å². The Morgan fingerprint density at radius 2 is 1.75 bits per heavy atom. The topological polar surface area (TPSA) is 44.7 Å². The summed E-state index contributed by atoms with van der Waals surface area (Å²) in [4.78, 5) is 18.3. The van der Waals surface area contributed by atoms with E-state index < -0.39 is 0 Å². The van der Waals surface area contributed by atoms with E-state index in [4.69, 9.17) is 0 Å². The van der Waals surface area contributed by atoms with E-state index in [1.807, 2.05) is 50.2 Å². The number of benzene rings is 1. The standard InChI is InChI=1S/C16H19N3O/c1-11-9-16(20)15(17-2)10-14(11)18-12-5-7-13(8-6-12)19(3)4/h5-10,17H,1-4H3. The van der Waals surface area contributed by atoms with Crippen LogP contribution in [-0.2, 0) is 4.79 Å². The number of nitrogens with zero attached hydrogens (tertiary/aromatic N) is 2. The number of carbonyl (C=O) groups excluding carboxylic acids is 1. The maximum absolute atomic E-state index is 11.7. The molecule has 0 heterocycles. The van der Waals surface area contributed by atoms with Crippen LogP contribution in [0, 0.1) is 0 Å². The fourth-order valence-electron chi connectivity index (χ4n) is 1.95. The number of allylic oxidation sites excluding steroid dienone is 3. The highest BCUT2D eigenvalue weighted by Gasteiger charge is 2.14. The molecule has 1 aliphatic rings. The van der Waals surface area contributed by atoms with Crippen molar-refractivity contribution in [1.82, 2.24) is 5.32 Å². The number of rotatable bonds is 3. The normalized spacial score (nSPS) is 16.8. The molecule has 1 aromatic carbocycles. The molecule has 0 saturated carbocycles. The van der Waals surface area contributed by atoms with Crippen molar-refractivity contribution in [3.05, 3.63) is 47.7 Å². The first kappa shape index (κ1) is 14.1. The van der Waals surface area contributed by atoms with Crippen LogP contribution in [0.1, 0.15) is 6.92 Å². The van der Waals surface area contributed by atoms with Crippen molar-refractivity contribution in [2.45, 2.75) is 6.92 Å². The number of ketones is 1. The molecule has 0 unspecified atom stereocenters. The average Bonchev–Trinajstić information content (AvgIpc) is 2.42. The summed E-state index contributed by atoms with van der Waals surface area (Å²) in [6, 6.07) is 7.99. The van der Waals surface area contributed by atoms with Crippen LogP contribution in [0.4, 0.5) is 11.4 Å². The van der Waals surface area contributed by atoms with Gasteiger partial charge in [0.15, 0.2) is 0 Å². The molecule has 0 radical (unpaired) electrons. The molecule has 2 rings (SSSR count). The summed E-state index contributed by atoms with van der Waals surface area (Å²) in [7, 11) is 5.74. The number of likely N-dealkylation sites (N-methyl/N-ethyl adjacent to an activating group) is 1. The van der Waals surface area contributed by atoms with Crippen molar-refractivity contribution in [1.29, 1.82) is 0 Å². The Bertz CT molecular complexity index is 607. The Labute approximate surface area is 119 Å². The minimum absolute atomic E-state index is 0.00749. The minimum Gasteiger partial charge on any atom is -0.385 e. The Kier molecular flexibility index (Phi) is 4.03. The molecule has 0 saturated heterocycles. The van der Waals surface area contributed by atoms with E-state index in [1.54, 1.807) is 19.2 Å².